The standard InChI is InChI=1S/C29H29NO6/c1-19-17-23(36-18-20-7-4-3-5-8-20)13-14-24(19)27(32)25-26(21-9-11-22(31)12-10-21)30(15-6-16-35-2)29(34)28(25)33/h3-5,7-14,17,26,31-32H,6,15-16,18H2,1-2H3/t26-/m1/s1. The Bertz CT molecular complexity index is 1270. The lowest BCUT2D eigenvalue weighted by Gasteiger charge is -2.25. The van der Waals surface area contributed by atoms with Gasteiger partial charge in [-0.3, -0.25) is 9.59 Å². The largest absolute Gasteiger partial charge is 0.508 e. The normalized spacial score (nSPS) is 16.9. The van der Waals surface area contributed by atoms with Gasteiger partial charge in [0.05, 0.1) is 11.6 Å². The van der Waals surface area contributed by atoms with E-state index in [2.05, 4.69) is 0 Å². The summed E-state index contributed by atoms with van der Waals surface area (Å²) in [6.07, 6.45) is 0.532. The van der Waals surface area contributed by atoms with Gasteiger partial charge in [0.15, 0.2) is 0 Å². The molecular formula is C29H29NO6. The summed E-state index contributed by atoms with van der Waals surface area (Å²) in [5.41, 5.74) is 2.81. The molecule has 1 fully saturated rings. The van der Waals surface area contributed by atoms with Crippen LogP contribution in [0.2, 0.25) is 0 Å². The molecule has 1 atom stereocenters. The highest BCUT2D eigenvalue weighted by molar-refractivity contribution is 6.46. The lowest BCUT2D eigenvalue weighted by molar-refractivity contribution is -0.140. The molecule has 1 saturated heterocycles. The molecule has 2 N–H and O–H groups in total. The molecule has 186 valence electrons. The van der Waals surface area contributed by atoms with Gasteiger partial charge in [0.25, 0.3) is 11.7 Å². The average Bonchev–Trinajstić information content (AvgIpc) is 3.13. The lowest BCUT2D eigenvalue weighted by Crippen LogP contribution is -2.31. The van der Waals surface area contributed by atoms with E-state index in [1.54, 1.807) is 37.4 Å². The smallest absolute Gasteiger partial charge is 0.295 e. The third-order valence-corrected chi connectivity index (χ3v) is 6.20. The fourth-order valence-corrected chi connectivity index (χ4v) is 4.37. The van der Waals surface area contributed by atoms with Gasteiger partial charge >= 0.3 is 0 Å². The number of aliphatic hydroxyl groups excluding tert-OH is 1. The van der Waals surface area contributed by atoms with Crippen molar-refractivity contribution in [3.05, 3.63) is 101 Å². The van der Waals surface area contributed by atoms with Crippen molar-refractivity contribution in [3.63, 3.8) is 0 Å². The molecule has 36 heavy (non-hydrogen) atoms. The van der Waals surface area contributed by atoms with Gasteiger partial charge in [0.1, 0.15) is 23.9 Å². The minimum absolute atomic E-state index is 0.0177. The van der Waals surface area contributed by atoms with Gasteiger partial charge < -0.3 is 24.6 Å². The Hall–Kier alpha value is -4.10. The Kier molecular flexibility index (Phi) is 7.71. The maximum absolute atomic E-state index is 13.1. The molecular weight excluding hydrogens is 458 g/mol. The number of aromatic hydroxyl groups is 1. The molecule has 0 spiro atoms. The van der Waals surface area contributed by atoms with Gasteiger partial charge in [-0.05, 0) is 60.4 Å². The minimum Gasteiger partial charge on any atom is -0.508 e. The molecule has 0 radical (unpaired) electrons. The minimum atomic E-state index is -0.782. The molecule has 3 aromatic carbocycles. The van der Waals surface area contributed by atoms with Gasteiger partial charge in [0.2, 0.25) is 0 Å². The molecule has 7 nitrogen and oxygen atoms in total. The van der Waals surface area contributed by atoms with E-state index in [-0.39, 0.29) is 23.6 Å². The zero-order valence-corrected chi connectivity index (χ0v) is 20.3. The molecule has 1 heterocycles. The van der Waals surface area contributed by atoms with Crippen molar-refractivity contribution < 1.29 is 29.3 Å². The Morgan fingerprint density at radius 2 is 1.72 bits per heavy atom. The first kappa shape index (κ1) is 25.0. The monoisotopic (exact) mass is 487 g/mol. The summed E-state index contributed by atoms with van der Waals surface area (Å²) in [4.78, 5) is 27.6. The number of Topliss-reactive ketones (excluding diaryl/α,β-unsaturated/α-hetero) is 1. The first-order chi connectivity index (χ1) is 17.4. The average molecular weight is 488 g/mol. The van der Waals surface area contributed by atoms with Crippen LogP contribution in [0.1, 0.15) is 34.7 Å². The summed E-state index contributed by atoms with van der Waals surface area (Å²) in [6.45, 7) is 2.93. The second-order valence-corrected chi connectivity index (χ2v) is 8.68. The molecule has 4 rings (SSSR count). The van der Waals surface area contributed by atoms with Crippen molar-refractivity contribution in [2.75, 3.05) is 20.3 Å². The molecule has 3 aromatic rings. The van der Waals surface area contributed by atoms with E-state index in [4.69, 9.17) is 9.47 Å². The highest BCUT2D eigenvalue weighted by Crippen LogP contribution is 2.40. The fourth-order valence-electron chi connectivity index (χ4n) is 4.37. The van der Waals surface area contributed by atoms with Gasteiger partial charge in [0, 0.05) is 25.8 Å². The zero-order chi connectivity index (χ0) is 25.7. The lowest BCUT2D eigenvalue weighted by atomic mass is 9.94. The number of ether oxygens (including phenoxy) is 2. The first-order valence-corrected chi connectivity index (χ1v) is 11.7. The number of ketones is 1. The number of benzene rings is 3. The molecule has 1 aliphatic heterocycles. The number of carbonyl (C=O) groups excluding carboxylic acids is 2. The van der Waals surface area contributed by atoms with Crippen molar-refractivity contribution in [1.29, 1.82) is 0 Å². The maximum Gasteiger partial charge on any atom is 0.295 e. The van der Waals surface area contributed by atoms with Crippen molar-refractivity contribution in [2.24, 2.45) is 0 Å². The van der Waals surface area contributed by atoms with Crippen LogP contribution < -0.4 is 4.74 Å². The topological polar surface area (TPSA) is 96.3 Å². The highest BCUT2D eigenvalue weighted by Gasteiger charge is 2.45. The molecule has 0 bridgehead atoms. The first-order valence-electron chi connectivity index (χ1n) is 11.7. The summed E-state index contributed by atoms with van der Waals surface area (Å²) in [6, 6.07) is 20.5. The third kappa shape index (κ3) is 5.26. The van der Waals surface area contributed by atoms with Crippen LogP contribution in [0.5, 0.6) is 11.5 Å². The van der Waals surface area contributed by atoms with Gasteiger partial charge in [-0.15, -0.1) is 0 Å². The van der Waals surface area contributed by atoms with Gasteiger partial charge in [-0.25, -0.2) is 0 Å². The van der Waals surface area contributed by atoms with E-state index in [1.165, 1.54) is 17.0 Å². The summed E-state index contributed by atoms with van der Waals surface area (Å²) < 4.78 is 11.0. The quantitative estimate of drug-likeness (QED) is 0.196. The van der Waals surface area contributed by atoms with Crippen LogP contribution in [0.4, 0.5) is 0 Å². The Morgan fingerprint density at radius 1 is 1.00 bits per heavy atom. The van der Waals surface area contributed by atoms with Crippen LogP contribution in [0.3, 0.4) is 0 Å². The number of likely N-dealkylation sites (tertiary alicyclic amines) is 1. The summed E-state index contributed by atoms with van der Waals surface area (Å²) in [5.74, 6) is -0.967. The maximum atomic E-state index is 13.1. The fraction of sp³-hybridized carbons (Fsp3) is 0.241. The third-order valence-electron chi connectivity index (χ3n) is 6.20. The SMILES string of the molecule is COCCCN1C(=O)C(=O)C(=C(O)c2ccc(OCc3ccccc3)cc2C)[C@H]1c1ccc(O)cc1. The predicted molar refractivity (Wildman–Crippen MR) is 136 cm³/mol. The zero-order valence-electron chi connectivity index (χ0n) is 20.3. The molecule has 7 heteroatoms. The van der Waals surface area contributed by atoms with Crippen LogP contribution in [0, 0.1) is 6.92 Å². The number of carbonyl (C=O) groups is 2. The summed E-state index contributed by atoms with van der Waals surface area (Å²) >= 11 is 0. The molecule has 0 aliphatic carbocycles. The van der Waals surface area contributed by atoms with Crippen LogP contribution in [0.25, 0.3) is 5.76 Å². The number of rotatable bonds is 9. The van der Waals surface area contributed by atoms with Crippen molar-refractivity contribution >= 4 is 17.4 Å². The van der Waals surface area contributed by atoms with E-state index in [1.807, 2.05) is 37.3 Å². The van der Waals surface area contributed by atoms with Crippen LogP contribution in [-0.4, -0.2) is 47.1 Å². The molecule has 1 amide bonds. The summed E-state index contributed by atoms with van der Waals surface area (Å²) in [7, 11) is 1.57. The number of nitrogens with zero attached hydrogens (tertiary/aromatic N) is 1. The Labute approximate surface area is 210 Å². The van der Waals surface area contributed by atoms with E-state index in [0.717, 1.165) is 5.56 Å². The predicted octanol–water partition coefficient (Wildman–Crippen LogP) is 4.74. The molecule has 0 aromatic heterocycles. The number of aryl methyl sites for hydroxylation is 1. The van der Waals surface area contributed by atoms with Crippen LogP contribution in [0.15, 0.2) is 78.4 Å². The molecule has 0 saturated carbocycles. The number of hydrogen-bond acceptors (Lipinski definition) is 6. The second kappa shape index (κ2) is 11.1. The number of phenols is 1. The van der Waals surface area contributed by atoms with Crippen molar-refractivity contribution in [1.82, 2.24) is 4.90 Å². The van der Waals surface area contributed by atoms with Gasteiger partial charge in [-0.1, -0.05) is 42.5 Å². The van der Waals surface area contributed by atoms with E-state index >= 15 is 0 Å². The number of methoxy groups -OCH3 is 1. The molecule has 0 unspecified atom stereocenters. The van der Waals surface area contributed by atoms with Crippen LogP contribution >= 0.6 is 0 Å². The van der Waals surface area contributed by atoms with Crippen molar-refractivity contribution in [2.45, 2.75) is 26.0 Å². The van der Waals surface area contributed by atoms with Crippen LogP contribution in [-0.2, 0) is 20.9 Å². The van der Waals surface area contributed by atoms with Crippen molar-refractivity contribution in [3.8, 4) is 11.5 Å². The molecule has 1 aliphatic rings. The highest BCUT2D eigenvalue weighted by atomic mass is 16.5. The summed E-state index contributed by atoms with van der Waals surface area (Å²) in [5, 5.41) is 21.1. The Balaban J connectivity index is 1.68. The Morgan fingerprint density at radius 3 is 2.39 bits per heavy atom. The number of hydrogen-bond donors (Lipinski definition) is 2. The van der Waals surface area contributed by atoms with E-state index < -0.39 is 17.7 Å². The number of amides is 1. The second-order valence-electron chi connectivity index (χ2n) is 8.68. The van der Waals surface area contributed by atoms with Gasteiger partial charge in [-0.2, -0.15) is 0 Å². The number of aliphatic hydroxyl groups is 1. The number of phenolic OH excluding ortho intramolecular Hbond substituents is 1. The van der Waals surface area contributed by atoms with E-state index in [0.29, 0.717) is 42.1 Å². The van der Waals surface area contributed by atoms with E-state index in [9.17, 15) is 19.8 Å².